The van der Waals surface area contributed by atoms with Crippen LogP contribution in [0.5, 0.6) is 5.75 Å². The van der Waals surface area contributed by atoms with Crippen molar-refractivity contribution in [2.45, 2.75) is 13.0 Å². The van der Waals surface area contributed by atoms with Gasteiger partial charge in [0.2, 0.25) is 0 Å². The second kappa shape index (κ2) is 4.31. The van der Waals surface area contributed by atoms with Gasteiger partial charge in [-0.05, 0) is 13.0 Å². The van der Waals surface area contributed by atoms with E-state index in [1.807, 2.05) is 24.3 Å². The third-order valence-corrected chi connectivity index (χ3v) is 3.21. The molecule has 2 heterocycles. The summed E-state index contributed by atoms with van der Waals surface area (Å²) in [7, 11) is 0. The molecule has 6 nitrogen and oxygen atoms in total. The molecule has 1 aliphatic heterocycles. The summed E-state index contributed by atoms with van der Waals surface area (Å²) in [5.41, 5.74) is 8.05. The van der Waals surface area contributed by atoms with Gasteiger partial charge in [-0.1, -0.05) is 18.2 Å². The lowest BCUT2D eigenvalue weighted by molar-refractivity contribution is 0.0926. The molecule has 19 heavy (non-hydrogen) atoms. The molecule has 0 saturated carbocycles. The summed E-state index contributed by atoms with van der Waals surface area (Å²) in [5.74, 6) is 0.506. The normalized spacial score (nSPS) is 16.8. The number of nitrogen functional groups attached to an aromatic ring is 1. The number of amides is 1. The van der Waals surface area contributed by atoms with Gasteiger partial charge in [-0.25, -0.2) is 0 Å². The molecule has 1 aromatic carbocycles. The first-order valence-electron chi connectivity index (χ1n) is 6.00. The van der Waals surface area contributed by atoms with E-state index in [4.69, 9.17) is 10.5 Å². The molecule has 6 heteroatoms. The molecule has 0 bridgehead atoms. The Labute approximate surface area is 110 Å². The van der Waals surface area contributed by atoms with Crippen LogP contribution in [-0.2, 0) is 0 Å². The van der Waals surface area contributed by atoms with Gasteiger partial charge in [-0.15, -0.1) is 0 Å². The number of nitrogens with zero attached hydrogens (tertiary/aromatic N) is 1. The lowest BCUT2D eigenvalue weighted by atomic mass is 10.1. The van der Waals surface area contributed by atoms with Gasteiger partial charge in [0.05, 0.1) is 17.4 Å². The van der Waals surface area contributed by atoms with Crippen LogP contribution in [0.4, 0.5) is 5.69 Å². The van der Waals surface area contributed by atoms with Crippen LogP contribution in [0.1, 0.15) is 27.8 Å². The maximum Gasteiger partial charge on any atom is 0.274 e. The Balaban J connectivity index is 1.80. The fraction of sp³-hybridized carbons (Fsp3) is 0.231. The molecule has 2 aromatic rings. The van der Waals surface area contributed by atoms with Crippen molar-refractivity contribution in [3.8, 4) is 5.75 Å². The van der Waals surface area contributed by atoms with E-state index in [9.17, 15) is 4.79 Å². The monoisotopic (exact) mass is 258 g/mol. The van der Waals surface area contributed by atoms with Gasteiger partial charge in [0.1, 0.15) is 12.4 Å². The summed E-state index contributed by atoms with van der Waals surface area (Å²) < 4.78 is 5.51. The average Bonchev–Trinajstić information content (AvgIpc) is 2.96. The fourth-order valence-electron chi connectivity index (χ4n) is 2.12. The molecular formula is C13H14N4O2. The minimum Gasteiger partial charge on any atom is -0.491 e. The number of carbonyl (C=O) groups excluding carboxylic acids is 1. The number of H-pyrrole nitrogens is 1. The van der Waals surface area contributed by atoms with Crippen LogP contribution < -0.4 is 15.8 Å². The van der Waals surface area contributed by atoms with E-state index in [0.717, 1.165) is 11.3 Å². The summed E-state index contributed by atoms with van der Waals surface area (Å²) >= 11 is 0. The molecule has 0 radical (unpaired) electrons. The van der Waals surface area contributed by atoms with Crippen molar-refractivity contribution < 1.29 is 9.53 Å². The number of aromatic amines is 1. The van der Waals surface area contributed by atoms with Crippen LogP contribution in [0, 0.1) is 6.92 Å². The lowest BCUT2D eigenvalue weighted by Gasteiger charge is -2.10. The van der Waals surface area contributed by atoms with E-state index in [0.29, 0.717) is 18.0 Å². The van der Waals surface area contributed by atoms with Crippen molar-refractivity contribution in [2.75, 3.05) is 12.3 Å². The maximum atomic E-state index is 12.1. The van der Waals surface area contributed by atoms with Gasteiger partial charge in [-0.3, -0.25) is 9.89 Å². The highest BCUT2D eigenvalue weighted by molar-refractivity contribution is 5.97. The van der Waals surface area contributed by atoms with Crippen molar-refractivity contribution in [1.29, 1.82) is 0 Å². The van der Waals surface area contributed by atoms with Crippen LogP contribution in [0.3, 0.4) is 0 Å². The van der Waals surface area contributed by atoms with E-state index in [2.05, 4.69) is 15.5 Å². The molecule has 0 spiro atoms. The molecule has 0 saturated heterocycles. The Morgan fingerprint density at radius 2 is 2.32 bits per heavy atom. The number of aryl methyl sites for hydroxylation is 1. The number of fused-ring (bicyclic) bond motifs is 1. The van der Waals surface area contributed by atoms with Crippen LogP contribution in [0.25, 0.3) is 0 Å². The van der Waals surface area contributed by atoms with Crippen LogP contribution in [0.15, 0.2) is 24.3 Å². The Morgan fingerprint density at radius 3 is 3.05 bits per heavy atom. The van der Waals surface area contributed by atoms with Crippen molar-refractivity contribution in [2.24, 2.45) is 0 Å². The van der Waals surface area contributed by atoms with E-state index in [1.165, 1.54) is 0 Å². The van der Waals surface area contributed by atoms with Crippen molar-refractivity contribution >= 4 is 11.6 Å². The number of carbonyl (C=O) groups is 1. The number of aromatic nitrogens is 2. The Hall–Kier alpha value is -2.50. The number of hydrogen-bond acceptors (Lipinski definition) is 4. The number of nitrogens with one attached hydrogen (secondary N) is 2. The lowest BCUT2D eigenvalue weighted by Crippen LogP contribution is -2.30. The first-order chi connectivity index (χ1) is 9.16. The SMILES string of the molecule is Cc1[nH]nc(C(=O)NC2COc3ccccc32)c1N. The molecular weight excluding hydrogens is 244 g/mol. The molecule has 0 aliphatic carbocycles. The molecule has 98 valence electrons. The number of anilines is 1. The first kappa shape index (κ1) is 11.6. The van der Waals surface area contributed by atoms with Crippen LogP contribution >= 0.6 is 0 Å². The molecule has 0 fully saturated rings. The standard InChI is InChI=1S/C13H14N4O2/c1-7-11(14)12(17-16-7)13(18)15-9-6-19-10-5-3-2-4-8(9)10/h2-5,9H,6,14H2,1H3,(H,15,18)(H,16,17). The van der Waals surface area contributed by atoms with Crippen LogP contribution in [0.2, 0.25) is 0 Å². The fourth-order valence-corrected chi connectivity index (χ4v) is 2.12. The summed E-state index contributed by atoms with van der Waals surface area (Å²) in [6.07, 6.45) is 0. The zero-order valence-electron chi connectivity index (χ0n) is 10.4. The minimum atomic E-state index is -0.299. The number of ether oxygens (including phenoxy) is 1. The molecule has 3 rings (SSSR count). The largest absolute Gasteiger partial charge is 0.491 e. The quantitative estimate of drug-likeness (QED) is 0.753. The Kier molecular flexibility index (Phi) is 2.63. The van der Waals surface area contributed by atoms with Gasteiger partial charge in [0.25, 0.3) is 5.91 Å². The van der Waals surface area contributed by atoms with Gasteiger partial charge < -0.3 is 15.8 Å². The van der Waals surface area contributed by atoms with Crippen molar-refractivity contribution in [3.63, 3.8) is 0 Å². The predicted octanol–water partition coefficient (Wildman–Crippen LogP) is 1.16. The highest BCUT2D eigenvalue weighted by Crippen LogP contribution is 2.31. The number of rotatable bonds is 2. The molecule has 1 unspecified atom stereocenters. The van der Waals surface area contributed by atoms with E-state index >= 15 is 0 Å². The highest BCUT2D eigenvalue weighted by atomic mass is 16.5. The second-order valence-corrected chi connectivity index (χ2v) is 4.49. The average molecular weight is 258 g/mol. The summed E-state index contributed by atoms with van der Waals surface area (Å²) in [4.78, 5) is 12.1. The summed E-state index contributed by atoms with van der Waals surface area (Å²) in [6, 6.07) is 7.47. The number of benzene rings is 1. The van der Waals surface area contributed by atoms with Gasteiger partial charge in [-0.2, -0.15) is 5.10 Å². The first-order valence-corrected chi connectivity index (χ1v) is 6.00. The number of hydrogen-bond donors (Lipinski definition) is 3. The van der Waals surface area contributed by atoms with Crippen molar-refractivity contribution in [1.82, 2.24) is 15.5 Å². The molecule has 1 atom stereocenters. The molecule has 1 amide bonds. The zero-order valence-corrected chi connectivity index (χ0v) is 10.4. The Bertz CT molecular complexity index is 635. The van der Waals surface area contributed by atoms with E-state index in [1.54, 1.807) is 6.92 Å². The predicted molar refractivity (Wildman–Crippen MR) is 69.9 cm³/mol. The second-order valence-electron chi connectivity index (χ2n) is 4.49. The molecule has 1 aromatic heterocycles. The van der Waals surface area contributed by atoms with E-state index in [-0.39, 0.29) is 17.6 Å². The van der Waals surface area contributed by atoms with Gasteiger partial charge in [0.15, 0.2) is 5.69 Å². The van der Waals surface area contributed by atoms with Crippen molar-refractivity contribution in [3.05, 3.63) is 41.2 Å². The smallest absolute Gasteiger partial charge is 0.274 e. The topological polar surface area (TPSA) is 93.0 Å². The maximum absolute atomic E-state index is 12.1. The minimum absolute atomic E-state index is 0.167. The Morgan fingerprint density at radius 1 is 1.53 bits per heavy atom. The molecule has 1 aliphatic rings. The van der Waals surface area contributed by atoms with Crippen LogP contribution in [-0.4, -0.2) is 22.7 Å². The number of nitrogens with two attached hydrogens (primary N) is 1. The number of para-hydroxylation sites is 1. The van der Waals surface area contributed by atoms with Gasteiger partial charge >= 0.3 is 0 Å². The van der Waals surface area contributed by atoms with E-state index < -0.39 is 0 Å². The molecule has 4 N–H and O–H groups in total. The highest BCUT2D eigenvalue weighted by Gasteiger charge is 2.27. The third kappa shape index (κ3) is 1.91. The summed E-state index contributed by atoms with van der Waals surface area (Å²) in [5, 5.41) is 9.48. The summed E-state index contributed by atoms with van der Waals surface area (Å²) in [6.45, 7) is 2.20. The zero-order chi connectivity index (χ0) is 13.4. The van der Waals surface area contributed by atoms with Gasteiger partial charge in [0, 0.05) is 5.56 Å². The third-order valence-electron chi connectivity index (χ3n) is 3.21.